The molecule has 1 aliphatic rings. The molecule has 3 nitrogen and oxygen atoms in total. The smallest absolute Gasteiger partial charge is 0.125 e. The van der Waals surface area contributed by atoms with Gasteiger partial charge in [-0.05, 0) is 55.0 Å². The van der Waals surface area contributed by atoms with Crippen LogP contribution in [-0.2, 0) is 13.0 Å². The maximum atomic E-state index is 10.4. The van der Waals surface area contributed by atoms with E-state index in [1.807, 2.05) is 0 Å². The summed E-state index contributed by atoms with van der Waals surface area (Å²) in [6, 6.07) is 12.8. The van der Waals surface area contributed by atoms with Gasteiger partial charge in [-0.1, -0.05) is 36.4 Å². The minimum Gasteiger partial charge on any atom is -0.490 e. The number of fused-ring (bicyclic) bond motifs is 1. The quantitative estimate of drug-likeness (QED) is 0.914. The Balaban J connectivity index is 1.56. The molecule has 2 aromatic carbocycles. The van der Waals surface area contributed by atoms with Gasteiger partial charge in [-0.25, -0.2) is 0 Å². The van der Waals surface area contributed by atoms with Gasteiger partial charge in [-0.2, -0.15) is 0 Å². The number of benzene rings is 2. The van der Waals surface area contributed by atoms with E-state index >= 15 is 0 Å². The van der Waals surface area contributed by atoms with Crippen LogP contribution in [0.5, 0.6) is 5.75 Å². The lowest BCUT2D eigenvalue weighted by molar-refractivity contribution is 0.0633. The third kappa shape index (κ3) is 3.80. The van der Waals surface area contributed by atoms with E-state index in [0.717, 1.165) is 36.4 Å². The first-order valence-corrected chi connectivity index (χ1v) is 8.71. The first-order chi connectivity index (χ1) is 11.5. The van der Waals surface area contributed by atoms with E-state index < -0.39 is 6.10 Å². The maximum absolute atomic E-state index is 10.4. The minimum absolute atomic E-state index is 0.337. The number of hydrogen-bond donors (Lipinski definition) is 1. The number of aliphatic hydroxyl groups excluding tert-OH is 1. The van der Waals surface area contributed by atoms with Crippen LogP contribution in [0.2, 0.25) is 0 Å². The lowest BCUT2D eigenvalue weighted by atomic mass is 10.00. The minimum atomic E-state index is -0.477. The number of ether oxygens (including phenoxy) is 1. The Morgan fingerprint density at radius 3 is 2.54 bits per heavy atom. The van der Waals surface area contributed by atoms with Gasteiger partial charge in [0.2, 0.25) is 0 Å². The van der Waals surface area contributed by atoms with E-state index in [1.165, 1.54) is 16.7 Å². The Morgan fingerprint density at radius 2 is 1.75 bits per heavy atom. The Hall–Kier alpha value is -1.84. The van der Waals surface area contributed by atoms with Gasteiger partial charge in [-0.15, -0.1) is 0 Å². The summed E-state index contributed by atoms with van der Waals surface area (Å²) in [6.07, 6.45) is 0.578. The molecule has 0 aliphatic carbocycles. The van der Waals surface area contributed by atoms with Crippen molar-refractivity contribution >= 4 is 0 Å². The van der Waals surface area contributed by atoms with E-state index in [4.69, 9.17) is 4.74 Å². The van der Waals surface area contributed by atoms with Gasteiger partial charge in [-0.3, -0.25) is 4.90 Å². The molecule has 1 N–H and O–H groups in total. The van der Waals surface area contributed by atoms with Crippen molar-refractivity contribution in [1.29, 1.82) is 0 Å². The average molecular weight is 325 g/mol. The van der Waals surface area contributed by atoms with Gasteiger partial charge in [0, 0.05) is 19.6 Å². The molecule has 1 heterocycles. The molecule has 2 aromatic rings. The van der Waals surface area contributed by atoms with E-state index in [-0.39, 0.29) is 0 Å². The van der Waals surface area contributed by atoms with Crippen molar-refractivity contribution in [2.24, 2.45) is 0 Å². The van der Waals surface area contributed by atoms with Crippen LogP contribution in [0.1, 0.15) is 27.8 Å². The van der Waals surface area contributed by atoms with Crippen molar-refractivity contribution in [3.05, 3.63) is 64.2 Å². The van der Waals surface area contributed by atoms with Crippen LogP contribution in [0.4, 0.5) is 0 Å². The lowest BCUT2D eigenvalue weighted by Gasteiger charge is -2.30. The lowest BCUT2D eigenvalue weighted by Crippen LogP contribution is -2.38. The summed E-state index contributed by atoms with van der Waals surface area (Å²) >= 11 is 0. The van der Waals surface area contributed by atoms with Crippen molar-refractivity contribution in [2.75, 3.05) is 19.7 Å². The molecule has 3 heteroatoms. The second kappa shape index (κ2) is 7.37. The molecule has 0 amide bonds. The highest BCUT2D eigenvalue weighted by Crippen LogP contribution is 2.26. The molecule has 0 fully saturated rings. The normalized spacial score (nSPS) is 15.8. The Kier molecular flexibility index (Phi) is 5.22. The zero-order valence-electron chi connectivity index (χ0n) is 14.9. The fourth-order valence-electron chi connectivity index (χ4n) is 3.39. The molecule has 1 atom stereocenters. The standard InChI is InChI=1S/C21H27NO2/c1-15-8-9-16(2)21(17(15)3)24-14-20(23)13-22-11-10-18-6-4-5-7-19(18)12-22/h4-9,20,23H,10-14H2,1-3H3/t20-/m1/s1. The topological polar surface area (TPSA) is 32.7 Å². The van der Waals surface area contributed by atoms with E-state index in [2.05, 4.69) is 62.1 Å². The second-order valence-corrected chi connectivity index (χ2v) is 6.87. The fourth-order valence-corrected chi connectivity index (χ4v) is 3.39. The summed E-state index contributed by atoms with van der Waals surface area (Å²) < 4.78 is 5.94. The van der Waals surface area contributed by atoms with E-state index in [1.54, 1.807) is 0 Å². The van der Waals surface area contributed by atoms with E-state index in [9.17, 15) is 5.11 Å². The molecular weight excluding hydrogens is 298 g/mol. The van der Waals surface area contributed by atoms with Crippen LogP contribution >= 0.6 is 0 Å². The molecule has 24 heavy (non-hydrogen) atoms. The summed E-state index contributed by atoms with van der Waals surface area (Å²) in [6.45, 7) is 9.11. The molecule has 1 aliphatic heterocycles. The molecule has 3 rings (SSSR count). The zero-order chi connectivity index (χ0) is 17.1. The van der Waals surface area contributed by atoms with Gasteiger partial charge in [0.05, 0.1) is 0 Å². The average Bonchev–Trinajstić information content (AvgIpc) is 2.58. The molecular formula is C21H27NO2. The molecule has 0 bridgehead atoms. The largest absolute Gasteiger partial charge is 0.490 e. The van der Waals surface area contributed by atoms with Gasteiger partial charge >= 0.3 is 0 Å². The number of aliphatic hydroxyl groups is 1. The van der Waals surface area contributed by atoms with E-state index in [0.29, 0.717) is 13.2 Å². The first kappa shape index (κ1) is 17.0. The second-order valence-electron chi connectivity index (χ2n) is 6.87. The van der Waals surface area contributed by atoms with Crippen LogP contribution in [0.25, 0.3) is 0 Å². The Morgan fingerprint density at radius 1 is 1.04 bits per heavy atom. The summed E-state index contributed by atoms with van der Waals surface area (Å²) in [5.74, 6) is 0.915. The van der Waals surface area contributed by atoms with Gasteiger partial charge in [0.15, 0.2) is 0 Å². The highest BCUT2D eigenvalue weighted by molar-refractivity contribution is 5.44. The van der Waals surface area contributed by atoms with Crippen LogP contribution in [0.15, 0.2) is 36.4 Å². The third-order valence-electron chi connectivity index (χ3n) is 4.97. The number of aryl methyl sites for hydroxylation is 2. The molecule has 128 valence electrons. The maximum Gasteiger partial charge on any atom is 0.125 e. The molecule has 0 radical (unpaired) electrons. The molecule has 0 saturated heterocycles. The van der Waals surface area contributed by atoms with Gasteiger partial charge < -0.3 is 9.84 Å². The summed E-state index contributed by atoms with van der Waals surface area (Å²) in [4.78, 5) is 2.31. The van der Waals surface area contributed by atoms with Gasteiger partial charge in [0.1, 0.15) is 18.5 Å². The molecule has 0 spiro atoms. The number of hydrogen-bond acceptors (Lipinski definition) is 3. The molecule has 0 saturated carbocycles. The first-order valence-electron chi connectivity index (χ1n) is 8.71. The highest BCUT2D eigenvalue weighted by atomic mass is 16.5. The van der Waals surface area contributed by atoms with Crippen LogP contribution in [0.3, 0.4) is 0 Å². The predicted molar refractivity (Wildman–Crippen MR) is 97.6 cm³/mol. The van der Waals surface area contributed by atoms with Crippen LogP contribution in [0, 0.1) is 20.8 Å². The number of β-amino-alcohol motifs (C(OH)–C–C–N with tert-alkyl or cyclic N) is 1. The summed E-state index contributed by atoms with van der Waals surface area (Å²) in [5.41, 5.74) is 6.32. The van der Waals surface area contributed by atoms with Gasteiger partial charge in [0.25, 0.3) is 0 Å². The van der Waals surface area contributed by atoms with Crippen LogP contribution < -0.4 is 4.74 Å². The highest BCUT2D eigenvalue weighted by Gasteiger charge is 2.19. The summed E-state index contributed by atoms with van der Waals surface area (Å²) in [7, 11) is 0. The van der Waals surface area contributed by atoms with Crippen molar-refractivity contribution in [2.45, 2.75) is 39.8 Å². The van der Waals surface area contributed by atoms with Crippen molar-refractivity contribution in [3.63, 3.8) is 0 Å². The van der Waals surface area contributed by atoms with Crippen molar-refractivity contribution in [1.82, 2.24) is 4.90 Å². The SMILES string of the molecule is Cc1ccc(C)c(OC[C@H](O)CN2CCc3ccccc3C2)c1C. The predicted octanol–water partition coefficient (Wildman–Crippen LogP) is 3.41. The number of nitrogens with zero attached hydrogens (tertiary/aromatic N) is 1. The summed E-state index contributed by atoms with van der Waals surface area (Å²) in [5, 5.41) is 10.4. The van der Waals surface area contributed by atoms with Crippen molar-refractivity contribution < 1.29 is 9.84 Å². The monoisotopic (exact) mass is 325 g/mol. The molecule has 0 aromatic heterocycles. The third-order valence-corrected chi connectivity index (χ3v) is 4.97. The fraction of sp³-hybridized carbons (Fsp3) is 0.429. The van der Waals surface area contributed by atoms with Crippen molar-refractivity contribution in [3.8, 4) is 5.75 Å². The zero-order valence-corrected chi connectivity index (χ0v) is 14.9. The molecule has 0 unspecified atom stereocenters. The Bertz CT molecular complexity index is 711. The Labute approximate surface area is 144 Å². The van der Waals surface area contributed by atoms with Crippen LogP contribution in [-0.4, -0.2) is 35.8 Å². The number of rotatable bonds is 5.